The van der Waals surface area contributed by atoms with Crippen LogP contribution in [-0.2, 0) is 11.2 Å². The number of aliphatic hydroxyl groups is 2. The molecule has 3 aliphatic rings. The number of aryl methyl sites for hydroxylation is 1. The van der Waals surface area contributed by atoms with E-state index >= 15 is 4.39 Å². The molecule has 0 amide bonds. The van der Waals surface area contributed by atoms with Crippen molar-refractivity contribution in [1.82, 2.24) is 20.3 Å². The number of phenolic OH excluding ortho intramolecular Hbond substituents is 1. The zero-order valence-corrected chi connectivity index (χ0v) is 28.0. The molecule has 258 valence electrons. The molecule has 0 radical (unpaired) electrons. The van der Waals surface area contributed by atoms with E-state index in [9.17, 15) is 19.7 Å². The van der Waals surface area contributed by atoms with E-state index in [1.165, 1.54) is 24.4 Å². The molecule has 2 aromatic carbocycles. The van der Waals surface area contributed by atoms with Gasteiger partial charge in [-0.2, -0.15) is 9.97 Å². The molecule has 0 bridgehead atoms. The highest BCUT2D eigenvalue weighted by Gasteiger charge is 2.45. The van der Waals surface area contributed by atoms with E-state index in [2.05, 4.69) is 15.3 Å². The van der Waals surface area contributed by atoms with Crippen molar-refractivity contribution in [3.05, 3.63) is 47.7 Å². The van der Waals surface area contributed by atoms with Crippen LogP contribution in [0.1, 0.15) is 51.5 Å². The molecule has 4 atom stereocenters. The number of anilines is 1. The summed E-state index contributed by atoms with van der Waals surface area (Å²) in [5, 5.41) is 36.6. The predicted molar refractivity (Wildman–Crippen MR) is 181 cm³/mol. The Balaban J connectivity index is 0.00000401. The summed E-state index contributed by atoms with van der Waals surface area (Å²) in [6.45, 7) is 4.76. The lowest BCUT2D eigenvalue weighted by molar-refractivity contribution is -0.0528. The van der Waals surface area contributed by atoms with Gasteiger partial charge in [-0.05, 0) is 80.1 Å². The van der Waals surface area contributed by atoms with E-state index < -0.39 is 23.3 Å². The number of aliphatic hydroxyl groups excluding tert-OH is 1. The summed E-state index contributed by atoms with van der Waals surface area (Å²) in [7, 11) is 0. The molecule has 4 N–H and O–H groups in total. The van der Waals surface area contributed by atoms with Crippen LogP contribution in [0.25, 0.3) is 32.9 Å². The fraction of sp³-hybridized carbons (Fsp3) is 0.514. The number of nitrogens with zero attached hydrogens (tertiary/aromatic N) is 4. The van der Waals surface area contributed by atoms with Gasteiger partial charge in [0.2, 0.25) is 0 Å². The summed E-state index contributed by atoms with van der Waals surface area (Å²) in [5.41, 5.74) is -0.889. The van der Waals surface area contributed by atoms with Gasteiger partial charge in [0, 0.05) is 29.8 Å². The number of hydrogen-bond donors (Lipinski definition) is 4. The first-order valence-electron chi connectivity index (χ1n) is 16.5. The summed E-state index contributed by atoms with van der Waals surface area (Å²) in [6, 6.07) is 6.12. The summed E-state index contributed by atoms with van der Waals surface area (Å²) in [4.78, 5) is 15.6. The number of nitrogens with one attached hydrogen (secondary N) is 1. The van der Waals surface area contributed by atoms with Gasteiger partial charge in [-0.3, -0.25) is 4.98 Å². The van der Waals surface area contributed by atoms with Gasteiger partial charge in [0.25, 0.3) is 0 Å². The zero-order chi connectivity index (χ0) is 32.9. The maximum Gasteiger partial charge on any atom is 0.319 e. The second-order valence-corrected chi connectivity index (χ2v) is 13.6. The van der Waals surface area contributed by atoms with Crippen LogP contribution < -0.4 is 15.0 Å². The summed E-state index contributed by atoms with van der Waals surface area (Å²) in [5.74, 6) is -1.02. The molecule has 13 heteroatoms. The Bertz CT molecular complexity index is 1830. The molecule has 1 aliphatic carbocycles. The average molecular weight is 686 g/mol. The predicted octanol–water partition coefficient (Wildman–Crippen LogP) is 5.06. The van der Waals surface area contributed by atoms with Crippen molar-refractivity contribution < 1.29 is 33.6 Å². The maximum atomic E-state index is 16.9. The Kier molecular flexibility index (Phi) is 9.67. The van der Waals surface area contributed by atoms with Gasteiger partial charge < -0.3 is 35.0 Å². The highest BCUT2D eigenvalue weighted by molar-refractivity contribution is 6.01. The van der Waals surface area contributed by atoms with Crippen LogP contribution in [0.3, 0.4) is 0 Å². The lowest BCUT2D eigenvalue weighted by Gasteiger charge is -2.39. The number of hydrogen-bond acceptors (Lipinski definition) is 10. The van der Waals surface area contributed by atoms with Crippen molar-refractivity contribution in [3.63, 3.8) is 0 Å². The fourth-order valence-corrected chi connectivity index (χ4v) is 7.86. The Morgan fingerprint density at radius 1 is 1.17 bits per heavy atom. The third kappa shape index (κ3) is 6.24. The molecule has 4 heterocycles. The molecule has 0 unspecified atom stereocenters. The van der Waals surface area contributed by atoms with Gasteiger partial charge in [0.05, 0.1) is 37.9 Å². The topological polar surface area (TPSA) is 133 Å². The van der Waals surface area contributed by atoms with Crippen molar-refractivity contribution >= 4 is 39.9 Å². The van der Waals surface area contributed by atoms with Crippen LogP contribution in [0.4, 0.5) is 14.6 Å². The number of β-amino-alcohol motifs (C(OH)–C–C–N with tert-alkyl or cyclic N) is 1. The standard InChI is InChI=1S/C35H41F2N5O5.ClH/c1-3-23-26(36)8-7-20-12-21(44)13-24(28(20)23)30-29(37)31-25(14-39-30)32(42-15-22(16-43)46-18-34(2,45)17-42)41-33(40-31)47-19-35-9-4-6-27(35)38-11-5-10-35;/h7-8,12-14,22,27,38,43-45H,3-6,9-11,15-19H2,1-2H3;1H/t22-,27-,34+,35-;/m1./s1. The molecular weight excluding hydrogens is 644 g/mol. The van der Waals surface area contributed by atoms with E-state index in [1.807, 2.05) is 6.92 Å². The quantitative estimate of drug-likeness (QED) is 0.209. The fourth-order valence-electron chi connectivity index (χ4n) is 7.86. The third-order valence-electron chi connectivity index (χ3n) is 10.1. The first kappa shape index (κ1) is 34.4. The van der Waals surface area contributed by atoms with Gasteiger partial charge in [-0.25, -0.2) is 8.78 Å². The van der Waals surface area contributed by atoms with E-state index in [-0.39, 0.29) is 83.9 Å². The molecule has 1 saturated carbocycles. The van der Waals surface area contributed by atoms with E-state index in [0.717, 1.165) is 38.6 Å². The van der Waals surface area contributed by atoms with Crippen LogP contribution in [0, 0.1) is 17.0 Å². The lowest BCUT2D eigenvalue weighted by Crippen LogP contribution is -2.49. The normalized spacial score (nSPS) is 25.9. The third-order valence-corrected chi connectivity index (χ3v) is 10.1. The van der Waals surface area contributed by atoms with Gasteiger partial charge in [0.1, 0.15) is 34.2 Å². The van der Waals surface area contributed by atoms with Crippen molar-refractivity contribution in [2.75, 3.05) is 44.4 Å². The number of ether oxygens (including phenoxy) is 2. The Labute approximate surface area is 283 Å². The lowest BCUT2D eigenvalue weighted by atomic mass is 9.76. The van der Waals surface area contributed by atoms with Crippen LogP contribution in [-0.4, -0.2) is 87.5 Å². The first-order valence-corrected chi connectivity index (χ1v) is 16.5. The number of aromatic nitrogens is 3. The number of benzene rings is 2. The van der Waals surface area contributed by atoms with E-state index in [0.29, 0.717) is 35.4 Å². The molecule has 48 heavy (non-hydrogen) atoms. The number of rotatable bonds is 7. The van der Waals surface area contributed by atoms with Crippen molar-refractivity contribution in [2.24, 2.45) is 5.41 Å². The SMILES string of the molecule is CCc1c(F)ccc2cc(O)cc(-c3ncc4c(N5C[C@H](CO)OC[C@@](C)(O)C5)nc(OC[C@@]56CCCN[C@@H]5CCC6)nc4c3F)c12.Cl. The number of piperidine rings is 1. The monoisotopic (exact) mass is 685 g/mol. The van der Waals surface area contributed by atoms with Gasteiger partial charge >= 0.3 is 6.01 Å². The summed E-state index contributed by atoms with van der Waals surface area (Å²) < 4.78 is 44.0. The van der Waals surface area contributed by atoms with E-state index in [1.54, 1.807) is 17.9 Å². The largest absolute Gasteiger partial charge is 0.508 e. The average Bonchev–Trinajstić information content (AvgIpc) is 3.42. The molecular formula is C35H42ClF2N5O5. The Morgan fingerprint density at radius 2 is 1.98 bits per heavy atom. The number of halogens is 3. The molecule has 2 aliphatic heterocycles. The second-order valence-electron chi connectivity index (χ2n) is 13.6. The molecule has 0 spiro atoms. The number of fused-ring (bicyclic) bond motifs is 3. The molecule has 10 nitrogen and oxygen atoms in total. The second kappa shape index (κ2) is 13.5. The van der Waals surface area contributed by atoms with Crippen LogP contribution in [0.15, 0.2) is 30.5 Å². The maximum absolute atomic E-state index is 16.9. The smallest absolute Gasteiger partial charge is 0.319 e. The Hall–Kier alpha value is -3.42. The molecule has 3 fully saturated rings. The highest BCUT2D eigenvalue weighted by Crippen LogP contribution is 2.45. The van der Waals surface area contributed by atoms with Crippen LogP contribution in [0.2, 0.25) is 0 Å². The minimum absolute atomic E-state index is 0. The Morgan fingerprint density at radius 3 is 2.77 bits per heavy atom. The molecule has 2 aromatic heterocycles. The van der Waals surface area contributed by atoms with Crippen molar-refractivity contribution in [1.29, 1.82) is 0 Å². The highest BCUT2D eigenvalue weighted by atomic mass is 35.5. The number of phenols is 1. The van der Waals surface area contributed by atoms with Gasteiger partial charge in [0.15, 0.2) is 5.82 Å². The minimum atomic E-state index is -1.29. The van der Waals surface area contributed by atoms with Crippen molar-refractivity contribution in [3.8, 4) is 23.0 Å². The molecule has 7 rings (SSSR count). The summed E-state index contributed by atoms with van der Waals surface area (Å²) >= 11 is 0. The van der Waals surface area contributed by atoms with Gasteiger partial charge in [-0.15, -0.1) is 12.4 Å². The van der Waals surface area contributed by atoms with Gasteiger partial charge in [-0.1, -0.05) is 19.4 Å². The number of pyridine rings is 1. The first-order chi connectivity index (χ1) is 22.6. The van der Waals surface area contributed by atoms with Crippen LogP contribution in [0.5, 0.6) is 11.8 Å². The zero-order valence-electron chi connectivity index (χ0n) is 27.1. The molecule has 4 aromatic rings. The van der Waals surface area contributed by atoms with Crippen molar-refractivity contribution in [2.45, 2.75) is 70.1 Å². The minimum Gasteiger partial charge on any atom is -0.508 e. The van der Waals surface area contributed by atoms with E-state index in [4.69, 9.17) is 14.5 Å². The van der Waals surface area contributed by atoms with Crippen LogP contribution >= 0.6 is 12.4 Å². The number of aromatic hydroxyl groups is 1. The molecule has 2 saturated heterocycles. The summed E-state index contributed by atoms with van der Waals surface area (Å²) in [6.07, 6.45) is 6.41.